The minimum atomic E-state index is 0.255. The van der Waals surface area contributed by atoms with E-state index in [1.165, 1.54) is 0 Å². The van der Waals surface area contributed by atoms with Crippen molar-refractivity contribution in [2.45, 2.75) is 19.9 Å². The number of nitrogens with zero attached hydrogens (tertiary/aromatic N) is 3. The van der Waals surface area contributed by atoms with Crippen LogP contribution in [-0.4, -0.2) is 21.0 Å². The van der Waals surface area contributed by atoms with Gasteiger partial charge in [-0.25, -0.2) is 9.97 Å². The number of fused-ring (bicyclic) bond motifs is 1. The quantitative estimate of drug-likeness (QED) is 0.516. The highest BCUT2D eigenvalue weighted by molar-refractivity contribution is 5.94. The van der Waals surface area contributed by atoms with Gasteiger partial charge >= 0.3 is 0 Å². The van der Waals surface area contributed by atoms with Crippen LogP contribution in [0.3, 0.4) is 0 Å². The Labute approximate surface area is 158 Å². The van der Waals surface area contributed by atoms with Gasteiger partial charge in [-0.05, 0) is 61.4 Å². The molecule has 2 aromatic heterocycles. The monoisotopic (exact) mass is 355 g/mol. The topological polar surface area (TPSA) is 76.7 Å². The molecule has 0 aliphatic rings. The van der Waals surface area contributed by atoms with Gasteiger partial charge in [0.25, 0.3) is 0 Å². The van der Waals surface area contributed by atoms with Crippen LogP contribution in [0.5, 0.6) is 0 Å². The molecule has 0 atom stereocenters. The average molecular weight is 355 g/mol. The highest BCUT2D eigenvalue weighted by atomic mass is 15.0. The molecule has 3 N–H and O–H groups in total. The zero-order valence-electron chi connectivity index (χ0n) is 15.3. The third kappa shape index (κ3) is 3.58. The molecule has 0 amide bonds. The van der Waals surface area contributed by atoms with Gasteiger partial charge < -0.3 is 11.1 Å². The summed E-state index contributed by atoms with van der Waals surface area (Å²) in [6.07, 6.45) is 3.53. The SMILES string of the molecule is CC(C)Nc1nc(-c2cccnc2)nc2ccc(-c3ccc(N)cc3)cc12. The fourth-order valence-electron chi connectivity index (χ4n) is 2.99. The summed E-state index contributed by atoms with van der Waals surface area (Å²) in [5.74, 6) is 1.49. The van der Waals surface area contributed by atoms with Crippen LogP contribution in [0.4, 0.5) is 11.5 Å². The van der Waals surface area contributed by atoms with Crippen molar-refractivity contribution < 1.29 is 0 Å². The van der Waals surface area contributed by atoms with Crippen molar-refractivity contribution >= 4 is 22.4 Å². The van der Waals surface area contributed by atoms with Gasteiger partial charge in [-0.15, -0.1) is 0 Å². The third-order valence-corrected chi connectivity index (χ3v) is 4.28. The zero-order chi connectivity index (χ0) is 18.8. The molecule has 134 valence electrons. The van der Waals surface area contributed by atoms with Gasteiger partial charge in [0, 0.05) is 35.1 Å². The number of nitrogen functional groups attached to an aromatic ring is 1. The van der Waals surface area contributed by atoms with Crippen LogP contribution in [0.25, 0.3) is 33.4 Å². The Kier molecular flexibility index (Phi) is 4.42. The Morgan fingerprint density at radius 1 is 0.889 bits per heavy atom. The molecule has 0 aliphatic heterocycles. The maximum absolute atomic E-state index is 5.81. The van der Waals surface area contributed by atoms with Crippen LogP contribution >= 0.6 is 0 Å². The van der Waals surface area contributed by atoms with Gasteiger partial charge in [0.05, 0.1) is 5.52 Å². The number of pyridine rings is 1. The number of nitrogens with two attached hydrogens (primary N) is 1. The molecule has 0 aliphatic carbocycles. The average Bonchev–Trinajstić information content (AvgIpc) is 2.68. The molecule has 4 aromatic rings. The zero-order valence-corrected chi connectivity index (χ0v) is 15.3. The van der Waals surface area contributed by atoms with Crippen molar-refractivity contribution in [3.05, 3.63) is 67.0 Å². The van der Waals surface area contributed by atoms with Gasteiger partial charge in [-0.2, -0.15) is 0 Å². The first-order valence-electron chi connectivity index (χ1n) is 8.95. The number of anilines is 2. The Balaban J connectivity index is 1.88. The molecule has 5 heteroatoms. The van der Waals surface area contributed by atoms with Crippen LogP contribution in [-0.2, 0) is 0 Å². The van der Waals surface area contributed by atoms with Gasteiger partial charge in [-0.3, -0.25) is 4.98 Å². The molecule has 2 heterocycles. The lowest BCUT2D eigenvalue weighted by atomic mass is 10.0. The van der Waals surface area contributed by atoms with E-state index in [1.807, 2.05) is 42.5 Å². The predicted octanol–water partition coefficient (Wildman–Crippen LogP) is 4.76. The Bertz CT molecular complexity index is 1070. The number of rotatable bonds is 4. The first-order chi connectivity index (χ1) is 13.1. The van der Waals surface area contributed by atoms with Gasteiger partial charge in [0.15, 0.2) is 5.82 Å². The highest BCUT2D eigenvalue weighted by Gasteiger charge is 2.12. The number of hydrogen-bond acceptors (Lipinski definition) is 5. The molecule has 0 bridgehead atoms. The van der Waals surface area contributed by atoms with E-state index in [4.69, 9.17) is 15.7 Å². The maximum Gasteiger partial charge on any atom is 0.163 e. The molecule has 0 unspecified atom stereocenters. The molecule has 0 fully saturated rings. The van der Waals surface area contributed by atoms with Crippen LogP contribution in [0.2, 0.25) is 0 Å². The maximum atomic E-state index is 5.81. The lowest BCUT2D eigenvalue weighted by molar-refractivity contribution is 0.891. The second-order valence-electron chi connectivity index (χ2n) is 6.79. The number of benzene rings is 2. The van der Waals surface area contributed by atoms with E-state index in [0.29, 0.717) is 5.82 Å². The van der Waals surface area contributed by atoms with Crippen molar-refractivity contribution in [2.75, 3.05) is 11.1 Å². The van der Waals surface area contributed by atoms with Gasteiger partial charge in [-0.1, -0.05) is 18.2 Å². The Morgan fingerprint density at radius 3 is 2.37 bits per heavy atom. The van der Waals surface area contributed by atoms with Crippen molar-refractivity contribution in [1.29, 1.82) is 0 Å². The van der Waals surface area contributed by atoms with E-state index in [0.717, 1.165) is 39.1 Å². The molecule has 2 aromatic carbocycles. The largest absolute Gasteiger partial charge is 0.399 e. The molecule has 0 saturated carbocycles. The van der Waals surface area contributed by atoms with E-state index >= 15 is 0 Å². The van der Waals surface area contributed by atoms with Crippen LogP contribution in [0.1, 0.15) is 13.8 Å². The molecule has 0 radical (unpaired) electrons. The van der Waals surface area contributed by atoms with Gasteiger partial charge in [0.2, 0.25) is 0 Å². The number of aromatic nitrogens is 3. The van der Waals surface area contributed by atoms with E-state index in [9.17, 15) is 0 Å². The normalized spacial score (nSPS) is 11.1. The highest BCUT2D eigenvalue weighted by Crippen LogP contribution is 2.30. The van der Waals surface area contributed by atoms with Gasteiger partial charge in [0.1, 0.15) is 5.82 Å². The fourth-order valence-corrected chi connectivity index (χ4v) is 2.99. The lowest BCUT2D eigenvalue weighted by Crippen LogP contribution is -2.12. The summed E-state index contributed by atoms with van der Waals surface area (Å²) in [5, 5.41) is 4.45. The lowest BCUT2D eigenvalue weighted by Gasteiger charge is -2.14. The Morgan fingerprint density at radius 2 is 1.67 bits per heavy atom. The second kappa shape index (κ2) is 7.03. The molecule has 5 nitrogen and oxygen atoms in total. The number of hydrogen-bond donors (Lipinski definition) is 2. The summed E-state index contributed by atoms with van der Waals surface area (Å²) in [4.78, 5) is 13.7. The summed E-state index contributed by atoms with van der Waals surface area (Å²) < 4.78 is 0. The third-order valence-electron chi connectivity index (χ3n) is 4.28. The molecule has 27 heavy (non-hydrogen) atoms. The van der Waals surface area contributed by atoms with Crippen LogP contribution < -0.4 is 11.1 Å². The van der Waals surface area contributed by atoms with Crippen LogP contribution in [0.15, 0.2) is 67.0 Å². The van der Waals surface area contributed by atoms with Crippen molar-refractivity contribution in [1.82, 2.24) is 15.0 Å². The molecule has 0 spiro atoms. The summed E-state index contributed by atoms with van der Waals surface area (Å²) in [7, 11) is 0. The second-order valence-corrected chi connectivity index (χ2v) is 6.79. The first kappa shape index (κ1) is 17.0. The molecule has 4 rings (SSSR count). The minimum absolute atomic E-state index is 0.255. The Hall–Kier alpha value is -3.47. The van der Waals surface area contributed by atoms with E-state index in [2.05, 4.69) is 36.3 Å². The molecular formula is C22H21N5. The van der Waals surface area contributed by atoms with Crippen molar-refractivity contribution in [2.24, 2.45) is 0 Å². The molecular weight excluding hydrogens is 334 g/mol. The predicted molar refractivity (Wildman–Crippen MR) is 111 cm³/mol. The van der Waals surface area contributed by atoms with Crippen molar-refractivity contribution in [3.8, 4) is 22.5 Å². The van der Waals surface area contributed by atoms with E-state index in [1.54, 1.807) is 12.4 Å². The summed E-state index contributed by atoms with van der Waals surface area (Å²) in [6, 6.07) is 18.2. The fraction of sp³-hybridized carbons (Fsp3) is 0.136. The molecule has 0 saturated heterocycles. The van der Waals surface area contributed by atoms with Crippen molar-refractivity contribution in [3.63, 3.8) is 0 Å². The minimum Gasteiger partial charge on any atom is -0.399 e. The summed E-state index contributed by atoms with van der Waals surface area (Å²) >= 11 is 0. The first-order valence-corrected chi connectivity index (χ1v) is 8.95. The van der Waals surface area contributed by atoms with E-state index in [-0.39, 0.29) is 6.04 Å². The number of nitrogens with one attached hydrogen (secondary N) is 1. The summed E-state index contributed by atoms with van der Waals surface area (Å²) in [6.45, 7) is 4.20. The summed E-state index contributed by atoms with van der Waals surface area (Å²) in [5.41, 5.74) is 10.6. The smallest absolute Gasteiger partial charge is 0.163 e. The standard InChI is InChI=1S/C22H21N5/c1-14(2)25-22-19-12-16(15-5-8-18(23)9-6-15)7-10-20(19)26-21(27-22)17-4-3-11-24-13-17/h3-14H,23H2,1-2H3,(H,25,26,27). The van der Waals surface area contributed by atoms with E-state index < -0.39 is 0 Å². The van der Waals surface area contributed by atoms with Crippen LogP contribution in [0, 0.1) is 0 Å².